The Morgan fingerprint density at radius 3 is 2.61 bits per heavy atom. The fraction of sp³-hybridized carbons (Fsp3) is 0.500. The molecule has 0 amide bonds. The number of fused-ring (bicyclic) bond motifs is 1. The molecule has 2 aromatic rings. The van der Waals surface area contributed by atoms with Gasteiger partial charge in [-0.2, -0.15) is 5.10 Å². The molecule has 0 saturated carbocycles. The van der Waals surface area contributed by atoms with Crippen LogP contribution in [0.4, 0.5) is 5.82 Å². The third-order valence-electron chi connectivity index (χ3n) is 5.08. The molecule has 2 fully saturated rings. The quantitative estimate of drug-likeness (QED) is 0.871. The van der Waals surface area contributed by atoms with Crippen molar-refractivity contribution in [1.82, 2.24) is 20.1 Å². The third kappa shape index (κ3) is 2.81. The van der Waals surface area contributed by atoms with Gasteiger partial charge in [0.1, 0.15) is 0 Å². The van der Waals surface area contributed by atoms with Crippen LogP contribution < -0.4 is 4.90 Å². The second-order valence-corrected chi connectivity index (χ2v) is 6.68. The molecule has 2 saturated heterocycles. The lowest BCUT2D eigenvalue weighted by Crippen LogP contribution is -2.36. The summed E-state index contributed by atoms with van der Waals surface area (Å²) in [5.41, 5.74) is 3.25. The van der Waals surface area contributed by atoms with Crippen molar-refractivity contribution in [2.45, 2.75) is 45.3 Å². The molecule has 0 spiro atoms. The second kappa shape index (κ2) is 5.89. The van der Waals surface area contributed by atoms with Crippen LogP contribution in [-0.4, -0.2) is 45.3 Å². The standard InChI is InChI=1S/C18H23N5/c1-13-4-3-5-15(19-13)12-22-10-8-17-16(22)9-11-23(17)18-7-6-14(2)20-21-18/h3-7,16-17H,8-12H2,1-2H3/t16-,17+/m1/s1. The zero-order valence-corrected chi connectivity index (χ0v) is 13.8. The molecular weight excluding hydrogens is 286 g/mol. The molecule has 0 bridgehead atoms. The predicted octanol–water partition coefficient (Wildman–Crippen LogP) is 2.34. The molecule has 2 aromatic heterocycles. The SMILES string of the molecule is Cc1ccc(N2CC[C@@H]3[C@@H]2CCN3Cc2cccc(C)n2)nn1. The number of anilines is 1. The largest absolute Gasteiger partial charge is 0.350 e. The minimum absolute atomic E-state index is 0.566. The van der Waals surface area contributed by atoms with Crippen molar-refractivity contribution in [3.8, 4) is 0 Å². The number of hydrogen-bond acceptors (Lipinski definition) is 5. The lowest BCUT2D eigenvalue weighted by molar-refractivity contribution is 0.243. The molecule has 0 unspecified atom stereocenters. The summed E-state index contributed by atoms with van der Waals surface area (Å²) < 4.78 is 0. The van der Waals surface area contributed by atoms with Gasteiger partial charge >= 0.3 is 0 Å². The first-order valence-electron chi connectivity index (χ1n) is 8.44. The maximum atomic E-state index is 4.66. The summed E-state index contributed by atoms with van der Waals surface area (Å²) in [7, 11) is 0. The van der Waals surface area contributed by atoms with Crippen LogP contribution in [0.5, 0.6) is 0 Å². The molecule has 0 radical (unpaired) electrons. The lowest BCUT2D eigenvalue weighted by Gasteiger charge is -2.26. The normalized spacial score (nSPS) is 24.2. The van der Waals surface area contributed by atoms with Crippen LogP contribution in [0.2, 0.25) is 0 Å². The van der Waals surface area contributed by atoms with E-state index in [1.807, 2.05) is 6.92 Å². The summed E-state index contributed by atoms with van der Waals surface area (Å²) in [5, 5.41) is 8.61. The van der Waals surface area contributed by atoms with Crippen molar-refractivity contribution in [1.29, 1.82) is 0 Å². The van der Waals surface area contributed by atoms with Gasteiger partial charge in [-0.25, -0.2) is 0 Å². The van der Waals surface area contributed by atoms with Gasteiger partial charge in [-0.3, -0.25) is 9.88 Å². The molecule has 5 nitrogen and oxygen atoms in total. The number of pyridine rings is 1. The van der Waals surface area contributed by atoms with Crippen LogP contribution in [-0.2, 0) is 6.54 Å². The molecule has 2 aliphatic heterocycles. The minimum Gasteiger partial charge on any atom is -0.350 e. The Morgan fingerprint density at radius 2 is 1.83 bits per heavy atom. The van der Waals surface area contributed by atoms with E-state index in [-0.39, 0.29) is 0 Å². The van der Waals surface area contributed by atoms with E-state index < -0.39 is 0 Å². The van der Waals surface area contributed by atoms with Crippen LogP contribution in [0.1, 0.15) is 29.9 Å². The maximum absolute atomic E-state index is 4.66. The zero-order valence-electron chi connectivity index (χ0n) is 13.8. The highest BCUT2D eigenvalue weighted by Gasteiger charge is 2.42. The topological polar surface area (TPSA) is 45.2 Å². The molecule has 120 valence electrons. The fourth-order valence-electron chi connectivity index (χ4n) is 4.00. The van der Waals surface area contributed by atoms with Crippen LogP contribution >= 0.6 is 0 Å². The Balaban J connectivity index is 1.48. The highest BCUT2D eigenvalue weighted by atomic mass is 15.4. The van der Waals surface area contributed by atoms with E-state index in [1.54, 1.807) is 0 Å². The first-order valence-corrected chi connectivity index (χ1v) is 8.44. The van der Waals surface area contributed by atoms with Gasteiger partial charge in [0.2, 0.25) is 0 Å². The average molecular weight is 309 g/mol. The summed E-state index contributed by atoms with van der Waals surface area (Å²) in [6.07, 6.45) is 2.40. The Labute approximate surface area is 137 Å². The van der Waals surface area contributed by atoms with Crippen molar-refractivity contribution < 1.29 is 0 Å². The van der Waals surface area contributed by atoms with Gasteiger partial charge in [0, 0.05) is 37.4 Å². The van der Waals surface area contributed by atoms with Crippen molar-refractivity contribution >= 4 is 5.82 Å². The molecule has 5 heteroatoms. The van der Waals surface area contributed by atoms with Gasteiger partial charge in [-0.05, 0) is 51.0 Å². The van der Waals surface area contributed by atoms with Crippen LogP contribution in [0.3, 0.4) is 0 Å². The van der Waals surface area contributed by atoms with Crippen molar-refractivity contribution in [3.05, 3.63) is 47.4 Å². The third-order valence-corrected chi connectivity index (χ3v) is 5.08. The predicted molar refractivity (Wildman–Crippen MR) is 90.3 cm³/mol. The average Bonchev–Trinajstić information content (AvgIpc) is 3.12. The summed E-state index contributed by atoms with van der Waals surface area (Å²) >= 11 is 0. The number of likely N-dealkylation sites (tertiary alicyclic amines) is 1. The molecule has 0 N–H and O–H groups in total. The molecule has 0 aliphatic carbocycles. The summed E-state index contributed by atoms with van der Waals surface area (Å²) in [6.45, 7) is 7.21. The Kier molecular flexibility index (Phi) is 3.73. The minimum atomic E-state index is 0.566. The van der Waals surface area contributed by atoms with E-state index in [4.69, 9.17) is 0 Å². The van der Waals surface area contributed by atoms with Gasteiger partial charge in [0.15, 0.2) is 5.82 Å². The first kappa shape index (κ1) is 14.6. The molecule has 4 rings (SSSR count). The molecule has 2 atom stereocenters. The first-order chi connectivity index (χ1) is 11.2. The summed E-state index contributed by atoms with van der Waals surface area (Å²) in [6, 6.07) is 11.6. The van der Waals surface area contributed by atoms with Crippen LogP contribution in [0.15, 0.2) is 30.3 Å². The fourth-order valence-corrected chi connectivity index (χ4v) is 4.00. The van der Waals surface area contributed by atoms with E-state index in [9.17, 15) is 0 Å². The number of nitrogens with zero attached hydrogens (tertiary/aromatic N) is 5. The Morgan fingerprint density at radius 1 is 0.957 bits per heavy atom. The van der Waals surface area contributed by atoms with E-state index in [2.05, 4.69) is 62.2 Å². The van der Waals surface area contributed by atoms with E-state index >= 15 is 0 Å². The van der Waals surface area contributed by atoms with Crippen LogP contribution in [0, 0.1) is 13.8 Å². The highest BCUT2D eigenvalue weighted by Crippen LogP contribution is 2.34. The van der Waals surface area contributed by atoms with E-state index in [1.165, 1.54) is 18.5 Å². The lowest BCUT2D eigenvalue weighted by atomic mass is 10.1. The van der Waals surface area contributed by atoms with Gasteiger partial charge in [-0.1, -0.05) is 6.07 Å². The molecule has 2 aliphatic rings. The van der Waals surface area contributed by atoms with E-state index in [0.717, 1.165) is 36.8 Å². The smallest absolute Gasteiger partial charge is 0.151 e. The summed E-state index contributed by atoms with van der Waals surface area (Å²) in [4.78, 5) is 9.70. The Bertz CT molecular complexity index is 684. The zero-order chi connectivity index (χ0) is 15.8. The van der Waals surface area contributed by atoms with Crippen molar-refractivity contribution in [2.24, 2.45) is 0 Å². The van der Waals surface area contributed by atoms with Crippen molar-refractivity contribution in [3.63, 3.8) is 0 Å². The Hall–Kier alpha value is -2.01. The van der Waals surface area contributed by atoms with Gasteiger partial charge in [0.25, 0.3) is 0 Å². The molecule has 23 heavy (non-hydrogen) atoms. The number of hydrogen-bond donors (Lipinski definition) is 0. The van der Waals surface area contributed by atoms with Gasteiger partial charge in [-0.15, -0.1) is 5.10 Å². The maximum Gasteiger partial charge on any atom is 0.151 e. The van der Waals surface area contributed by atoms with E-state index in [0.29, 0.717) is 12.1 Å². The number of aromatic nitrogens is 3. The van der Waals surface area contributed by atoms with Gasteiger partial charge in [0.05, 0.1) is 11.4 Å². The number of rotatable bonds is 3. The van der Waals surface area contributed by atoms with Crippen molar-refractivity contribution in [2.75, 3.05) is 18.0 Å². The molecule has 0 aromatic carbocycles. The molecular formula is C18H23N5. The summed E-state index contributed by atoms with van der Waals surface area (Å²) in [5.74, 6) is 1.03. The molecule has 4 heterocycles. The van der Waals surface area contributed by atoms with Crippen LogP contribution in [0.25, 0.3) is 0 Å². The second-order valence-electron chi connectivity index (χ2n) is 6.68. The number of aryl methyl sites for hydroxylation is 2. The monoisotopic (exact) mass is 309 g/mol. The highest BCUT2D eigenvalue weighted by molar-refractivity contribution is 5.42. The van der Waals surface area contributed by atoms with Gasteiger partial charge < -0.3 is 4.90 Å².